The summed E-state index contributed by atoms with van der Waals surface area (Å²) in [5.74, 6) is -1.59. The SMILES string of the molecule is Cc1cc(NC(=O)COC(=O)c2ccc(S(=O)(=O)N(C)C)cc2)c([N+](=O)[O-])cc1C. The third kappa shape index (κ3) is 5.19. The van der Waals surface area contributed by atoms with Gasteiger partial charge in [-0.15, -0.1) is 0 Å². The summed E-state index contributed by atoms with van der Waals surface area (Å²) in [6.07, 6.45) is 0. The molecule has 1 amide bonds. The van der Waals surface area contributed by atoms with Crippen LogP contribution in [0.1, 0.15) is 21.5 Å². The number of aryl methyl sites for hydroxylation is 2. The number of nitrogens with zero attached hydrogens (tertiary/aromatic N) is 2. The third-order valence-electron chi connectivity index (χ3n) is 4.29. The number of nitrogens with one attached hydrogen (secondary N) is 1. The van der Waals surface area contributed by atoms with Gasteiger partial charge in [-0.1, -0.05) is 0 Å². The molecule has 0 aliphatic heterocycles. The lowest BCUT2D eigenvalue weighted by Crippen LogP contribution is -2.23. The molecule has 0 fully saturated rings. The minimum absolute atomic E-state index is 0.00222. The Morgan fingerprint density at radius 3 is 2.20 bits per heavy atom. The van der Waals surface area contributed by atoms with Crippen LogP contribution < -0.4 is 5.32 Å². The molecule has 11 heteroatoms. The van der Waals surface area contributed by atoms with Crippen LogP contribution in [0.2, 0.25) is 0 Å². The van der Waals surface area contributed by atoms with Crippen molar-refractivity contribution >= 4 is 33.3 Å². The molecule has 10 nitrogen and oxygen atoms in total. The zero-order valence-corrected chi connectivity index (χ0v) is 17.6. The van der Waals surface area contributed by atoms with E-state index in [-0.39, 0.29) is 21.8 Å². The monoisotopic (exact) mass is 435 g/mol. The minimum Gasteiger partial charge on any atom is -0.452 e. The summed E-state index contributed by atoms with van der Waals surface area (Å²) in [6, 6.07) is 7.86. The van der Waals surface area contributed by atoms with E-state index in [9.17, 15) is 28.1 Å². The minimum atomic E-state index is -3.64. The van der Waals surface area contributed by atoms with Crippen molar-refractivity contribution in [2.24, 2.45) is 0 Å². The van der Waals surface area contributed by atoms with Gasteiger partial charge < -0.3 is 10.1 Å². The number of rotatable bonds is 7. The first-order valence-corrected chi connectivity index (χ1v) is 10.1. The average Bonchev–Trinajstić information content (AvgIpc) is 2.68. The molecule has 0 saturated carbocycles. The number of esters is 1. The maximum absolute atomic E-state index is 12.1. The molecular weight excluding hydrogens is 414 g/mol. The fourth-order valence-corrected chi connectivity index (χ4v) is 3.33. The summed E-state index contributed by atoms with van der Waals surface area (Å²) in [6.45, 7) is 2.79. The van der Waals surface area contributed by atoms with E-state index in [1.807, 2.05) is 0 Å². The molecule has 0 bridgehead atoms. The predicted molar refractivity (Wildman–Crippen MR) is 109 cm³/mol. The molecule has 0 radical (unpaired) electrons. The Morgan fingerprint density at radius 2 is 1.67 bits per heavy atom. The van der Waals surface area contributed by atoms with Crippen molar-refractivity contribution in [3.63, 3.8) is 0 Å². The molecule has 0 heterocycles. The van der Waals surface area contributed by atoms with Crippen molar-refractivity contribution in [1.82, 2.24) is 4.31 Å². The van der Waals surface area contributed by atoms with Crippen LogP contribution in [0.15, 0.2) is 41.3 Å². The largest absolute Gasteiger partial charge is 0.452 e. The van der Waals surface area contributed by atoms with Gasteiger partial charge in [0, 0.05) is 20.2 Å². The number of nitro benzene ring substituents is 1. The van der Waals surface area contributed by atoms with Gasteiger partial charge in [-0.3, -0.25) is 14.9 Å². The second kappa shape index (κ2) is 9.01. The molecule has 0 aliphatic carbocycles. The van der Waals surface area contributed by atoms with E-state index in [2.05, 4.69) is 5.32 Å². The summed E-state index contributed by atoms with van der Waals surface area (Å²) in [7, 11) is -0.866. The van der Waals surface area contributed by atoms with Crippen LogP contribution in [-0.2, 0) is 19.6 Å². The Kier molecular flexibility index (Phi) is 6.90. The normalized spacial score (nSPS) is 11.2. The number of carbonyl (C=O) groups is 2. The number of anilines is 1. The van der Waals surface area contributed by atoms with Gasteiger partial charge in [0.25, 0.3) is 11.6 Å². The number of amides is 1. The first-order valence-electron chi connectivity index (χ1n) is 8.68. The Labute approximate surface area is 173 Å². The first-order chi connectivity index (χ1) is 13.9. The molecule has 2 rings (SSSR count). The van der Waals surface area contributed by atoms with Crippen LogP contribution in [0, 0.1) is 24.0 Å². The van der Waals surface area contributed by atoms with E-state index in [0.717, 1.165) is 9.87 Å². The predicted octanol–water partition coefficient (Wildman–Crippen LogP) is 2.26. The molecule has 30 heavy (non-hydrogen) atoms. The lowest BCUT2D eigenvalue weighted by Gasteiger charge is -2.11. The first kappa shape index (κ1) is 23.0. The molecule has 0 aromatic heterocycles. The lowest BCUT2D eigenvalue weighted by molar-refractivity contribution is -0.384. The average molecular weight is 435 g/mol. The van der Waals surface area contributed by atoms with Crippen LogP contribution >= 0.6 is 0 Å². The van der Waals surface area contributed by atoms with Gasteiger partial charge in [0.1, 0.15) is 5.69 Å². The number of hydrogen-bond donors (Lipinski definition) is 1. The van der Waals surface area contributed by atoms with Crippen LogP contribution in [0.3, 0.4) is 0 Å². The fourth-order valence-electron chi connectivity index (χ4n) is 2.43. The number of benzene rings is 2. The highest BCUT2D eigenvalue weighted by molar-refractivity contribution is 7.89. The molecule has 1 N–H and O–H groups in total. The Hall–Kier alpha value is -3.31. The van der Waals surface area contributed by atoms with Crippen molar-refractivity contribution in [1.29, 1.82) is 0 Å². The molecule has 2 aromatic carbocycles. The highest BCUT2D eigenvalue weighted by Crippen LogP contribution is 2.27. The second-order valence-electron chi connectivity index (χ2n) is 6.65. The van der Waals surface area contributed by atoms with Gasteiger partial charge in [-0.05, 0) is 55.3 Å². The zero-order chi connectivity index (χ0) is 22.6. The number of hydrogen-bond acceptors (Lipinski definition) is 7. The second-order valence-corrected chi connectivity index (χ2v) is 8.80. The summed E-state index contributed by atoms with van der Waals surface area (Å²) in [5.41, 5.74) is 1.24. The van der Waals surface area contributed by atoms with Crippen LogP contribution in [-0.4, -0.2) is 50.2 Å². The van der Waals surface area contributed by atoms with Crippen LogP contribution in [0.25, 0.3) is 0 Å². The van der Waals surface area contributed by atoms with Crippen molar-refractivity contribution in [2.75, 3.05) is 26.0 Å². The van der Waals surface area contributed by atoms with Gasteiger partial charge in [0.05, 0.1) is 15.4 Å². The maximum Gasteiger partial charge on any atom is 0.338 e. The maximum atomic E-state index is 12.1. The number of ether oxygens (including phenoxy) is 1. The fraction of sp³-hybridized carbons (Fsp3) is 0.263. The van der Waals surface area contributed by atoms with Crippen molar-refractivity contribution in [3.8, 4) is 0 Å². The van der Waals surface area contributed by atoms with Crippen LogP contribution in [0.5, 0.6) is 0 Å². The summed E-state index contributed by atoms with van der Waals surface area (Å²) in [4.78, 5) is 34.8. The summed E-state index contributed by atoms with van der Waals surface area (Å²) >= 11 is 0. The van der Waals surface area contributed by atoms with E-state index in [1.54, 1.807) is 13.8 Å². The van der Waals surface area contributed by atoms with E-state index >= 15 is 0 Å². The molecule has 0 unspecified atom stereocenters. The van der Waals surface area contributed by atoms with E-state index < -0.39 is 33.4 Å². The molecule has 0 spiro atoms. The van der Waals surface area contributed by atoms with Gasteiger partial charge in [0.2, 0.25) is 10.0 Å². The molecule has 0 atom stereocenters. The van der Waals surface area contributed by atoms with E-state index in [1.165, 1.54) is 50.5 Å². The summed E-state index contributed by atoms with van der Waals surface area (Å²) < 4.78 is 30.0. The molecule has 160 valence electrons. The Balaban J connectivity index is 2.04. The van der Waals surface area contributed by atoms with Gasteiger partial charge in [0.15, 0.2) is 6.61 Å². The van der Waals surface area contributed by atoms with Crippen molar-refractivity contribution in [2.45, 2.75) is 18.7 Å². The van der Waals surface area contributed by atoms with Gasteiger partial charge in [-0.25, -0.2) is 17.5 Å². The molecular formula is C19H21N3O7S. The summed E-state index contributed by atoms with van der Waals surface area (Å²) in [5, 5.41) is 13.5. The van der Waals surface area contributed by atoms with Crippen molar-refractivity contribution < 1.29 is 27.7 Å². The zero-order valence-electron chi connectivity index (χ0n) is 16.8. The smallest absolute Gasteiger partial charge is 0.338 e. The van der Waals surface area contributed by atoms with Gasteiger partial charge in [-0.2, -0.15) is 0 Å². The lowest BCUT2D eigenvalue weighted by atomic mass is 10.1. The van der Waals surface area contributed by atoms with E-state index in [0.29, 0.717) is 5.56 Å². The number of nitro groups is 1. The molecule has 2 aromatic rings. The topological polar surface area (TPSA) is 136 Å². The number of carbonyl (C=O) groups excluding carboxylic acids is 2. The molecule has 0 saturated heterocycles. The van der Waals surface area contributed by atoms with Crippen LogP contribution in [0.4, 0.5) is 11.4 Å². The van der Waals surface area contributed by atoms with Gasteiger partial charge >= 0.3 is 5.97 Å². The third-order valence-corrected chi connectivity index (χ3v) is 6.12. The number of sulfonamides is 1. The quantitative estimate of drug-likeness (QED) is 0.400. The Bertz CT molecular complexity index is 1090. The highest BCUT2D eigenvalue weighted by atomic mass is 32.2. The van der Waals surface area contributed by atoms with Crippen molar-refractivity contribution in [3.05, 3.63) is 63.2 Å². The standard InChI is InChI=1S/C19H21N3O7S/c1-12-9-16(17(22(25)26)10-13(12)2)20-18(23)11-29-19(24)14-5-7-15(8-6-14)30(27,28)21(3)4/h5-10H,11H2,1-4H3,(H,20,23). The Morgan fingerprint density at radius 1 is 1.10 bits per heavy atom. The highest BCUT2D eigenvalue weighted by Gasteiger charge is 2.20. The van der Waals surface area contributed by atoms with E-state index in [4.69, 9.17) is 4.74 Å². The molecule has 0 aliphatic rings.